The molecule has 2 aliphatic heterocycles. The first-order valence-corrected chi connectivity index (χ1v) is 14.8. The van der Waals surface area contributed by atoms with Gasteiger partial charge in [-0.25, -0.2) is 4.98 Å². The van der Waals surface area contributed by atoms with Gasteiger partial charge in [-0.2, -0.15) is 0 Å². The van der Waals surface area contributed by atoms with E-state index in [-0.39, 0.29) is 11.3 Å². The van der Waals surface area contributed by atoms with E-state index in [0.29, 0.717) is 59.2 Å². The third-order valence-electron chi connectivity index (χ3n) is 7.42. The summed E-state index contributed by atoms with van der Waals surface area (Å²) in [5.74, 6) is 0.294. The minimum Gasteiger partial charge on any atom is -0.507 e. The number of ether oxygens (including phenoxy) is 3. The topological polar surface area (TPSA) is 98.2 Å². The number of thiazole rings is 1. The molecule has 0 bridgehead atoms. The lowest BCUT2D eigenvalue weighted by Gasteiger charge is -2.24. The van der Waals surface area contributed by atoms with Crippen LogP contribution < -0.4 is 19.1 Å². The molecule has 0 saturated carbocycles. The first-order valence-electron chi connectivity index (χ1n) is 14.0. The first kappa shape index (κ1) is 27.8. The van der Waals surface area contributed by atoms with Crippen LogP contribution in [0.15, 0.2) is 60.2 Å². The van der Waals surface area contributed by atoms with E-state index >= 15 is 0 Å². The average molecular weight is 585 g/mol. The predicted octanol–water partition coefficient (Wildman–Crippen LogP) is 6.74. The lowest BCUT2D eigenvalue weighted by Crippen LogP contribution is -2.29. The molecule has 9 heteroatoms. The third kappa shape index (κ3) is 5.09. The fourth-order valence-electron chi connectivity index (χ4n) is 5.34. The predicted molar refractivity (Wildman–Crippen MR) is 163 cm³/mol. The summed E-state index contributed by atoms with van der Waals surface area (Å²) in [6, 6.07) is 15.4. The molecule has 216 valence electrons. The first-order chi connectivity index (χ1) is 20.2. The number of amides is 1. The van der Waals surface area contributed by atoms with Gasteiger partial charge in [0.2, 0.25) is 0 Å². The highest BCUT2D eigenvalue weighted by Crippen LogP contribution is 2.46. The molecule has 3 heterocycles. The van der Waals surface area contributed by atoms with Gasteiger partial charge in [0.1, 0.15) is 24.7 Å². The standard InChI is InChI=1S/C33H32N2O6S/c1-18(2)10-11-39-23-7-5-6-21(16-23)29-27(30(36)22-8-9-24-25(17-22)41-13-12-40-24)31(37)32(38)35(29)33-34-28-20(4)14-19(3)15-26(28)42-33/h5-9,14-18,29,36H,10-13H2,1-4H3/t29-/m0/s1. The molecule has 2 aliphatic rings. The quantitative estimate of drug-likeness (QED) is 0.146. The van der Waals surface area contributed by atoms with Crippen LogP contribution in [0.2, 0.25) is 0 Å². The summed E-state index contributed by atoms with van der Waals surface area (Å²) >= 11 is 1.35. The Morgan fingerprint density at radius 3 is 2.64 bits per heavy atom. The number of nitrogens with zero attached hydrogens (tertiary/aromatic N) is 2. The number of Topliss-reactive ketones (excluding diaryl/α,β-unsaturated/α-hetero) is 1. The number of hydrogen-bond donors (Lipinski definition) is 1. The van der Waals surface area contributed by atoms with Crippen molar-refractivity contribution in [1.82, 2.24) is 4.98 Å². The molecule has 42 heavy (non-hydrogen) atoms. The monoisotopic (exact) mass is 584 g/mol. The van der Waals surface area contributed by atoms with Gasteiger partial charge in [0.15, 0.2) is 16.6 Å². The number of anilines is 1. The number of fused-ring (bicyclic) bond motifs is 2. The van der Waals surface area contributed by atoms with Gasteiger partial charge in [-0.3, -0.25) is 14.5 Å². The number of ketones is 1. The zero-order valence-corrected chi connectivity index (χ0v) is 24.8. The van der Waals surface area contributed by atoms with Crippen LogP contribution in [0.3, 0.4) is 0 Å². The SMILES string of the molecule is Cc1cc(C)c2nc(N3C(=O)C(=O)C(=C(O)c4ccc5c(c4)OCCO5)[C@@H]3c3cccc(OCCC(C)C)c3)sc2c1. The molecule has 1 N–H and O–H groups in total. The van der Waals surface area contributed by atoms with E-state index in [0.717, 1.165) is 27.8 Å². The summed E-state index contributed by atoms with van der Waals surface area (Å²) in [6.45, 7) is 9.59. The Morgan fingerprint density at radius 2 is 1.86 bits per heavy atom. The number of rotatable bonds is 7. The molecule has 8 nitrogen and oxygen atoms in total. The van der Waals surface area contributed by atoms with Crippen molar-refractivity contribution in [1.29, 1.82) is 0 Å². The van der Waals surface area contributed by atoms with Gasteiger partial charge in [-0.15, -0.1) is 0 Å². The fourth-order valence-corrected chi connectivity index (χ4v) is 6.51. The minimum absolute atomic E-state index is 0.0248. The molecule has 1 saturated heterocycles. The maximum atomic E-state index is 13.8. The molecule has 0 radical (unpaired) electrons. The van der Waals surface area contributed by atoms with Crippen LogP contribution in [0.1, 0.15) is 48.6 Å². The normalized spacial score (nSPS) is 17.8. The Morgan fingerprint density at radius 1 is 1.07 bits per heavy atom. The van der Waals surface area contributed by atoms with E-state index in [1.54, 1.807) is 18.2 Å². The minimum atomic E-state index is -0.922. The van der Waals surface area contributed by atoms with Crippen molar-refractivity contribution in [2.45, 2.75) is 40.2 Å². The summed E-state index contributed by atoms with van der Waals surface area (Å²) in [5.41, 5.74) is 3.79. The van der Waals surface area contributed by atoms with Crippen LogP contribution in [-0.4, -0.2) is 41.6 Å². The lowest BCUT2D eigenvalue weighted by atomic mass is 9.95. The van der Waals surface area contributed by atoms with Gasteiger partial charge in [-0.05, 0) is 79.3 Å². The van der Waals surface area contributed by atoms with Crippen LogP contribution in [0.4, 0.5) is 5.13 Å². The van der Waals surface area contributed by atoms with E-state index < -0.39 is 17.7 Å². The summed E-state index contributed by atoms with van der Waals surface area (Å²) in [5, 5.41) is 12.0. The van der Waals surface area contributed by atoms with Crippen LogP contribution in [-0.2, 0) is 9.59 Å². The van der Waals surface area contributed by atoms with Crippen molar-refractivity contribution < 1.29 is 28.9 Å². The smallest absolute Gasteiger partial charge is 0.301 e. The molecule has 1 atom stereocenters. The highest BCUT2D eigenvalue weighted by Gasteiger charge is 2.48. The van der Waals surface area contributed by atoms with E-state index in [1.165, 1.54) is 16.2 Å². The Labute approximate surface area is 248 Å². The number of benzene rings is 3. The van der Waals surface area contributed by atoms with Crippen LogP contribution in [0, 0.1) is 19.8 Å². The highest BCUT2D eigenvalue weighted by atomic mass is 32.1. The zero-order chi connectivity index (χ0) is 29.5. The van der Waals surface area contributed by atoms with Gasteiger partial charge in [0.05, 0.1) is 28.4 Å². The Bertz CT molecular complexity index is 1740. The van der Waals surface area contributed by atoms with E-state index in [2.05, 4.69) is 13.8 Å². The van der Waals surface area contributed by atoms with Gasteiger partial charge in [0.25, 0.3) is 5.78 Å². The third-order valence-corrected chi connectivity index (χ3v) is 8.42. The maximum absolute atomic E-state index is 13.8. The summed E-state index contributed by atoms with van der Waals surface area (Å²) in [6.07, 6.45) is 0.886. The van der Waals surface area contributed by atoms with E-state index in [1.807, 2.05) is 50.2 Å². The molecule has 0 aliphatic carbocycles. The summed E-state index contributed by atoms with van der Waals surface area (Å²) in [4.78, 5) is 33.7. The second-order valence-corrected chi connectivity index (χ2v) is 12.1. The van der Waals surface area contributed by atoms with Crippen LogP contribution in [0.25, 0.3) is 16.0 Å². The van der Waals surface area contributed by atoms with Crippen molar-refractivity contribution >= 4 is 44.1 Å². The lowest BCUT2D eigenvalue weighted by molar-refractivity contribution is -0.132. The van der Waals surface area contributed by atoms with Gasteiger partial charge >= 0.3 is 5.91 Å². The summed E-state index contributed by atoms with van der Waals surface area (Å²) in [7, 11) is 0. The molecular formula is C33H32N2O6S. The number of carbonyl (C=O) groups excluding carboxylic acids is 2. The van der Waals surface area contributed by atoms with Crippen LogP contribution >= 0.6 is 11.3 Å². The number of aryl methyl sites for hydroxylation is 2. The van der Waals surface area contributed by atoms with E-state index in [9.17, 15) is 14.7 Å². The zero-order valence-electron chi connectivity index (χ0n) is 24.0. The molecule has 1 fully saturated rings. The average Bonchev–Trinajstić information content (AvgIpc) is 3.50. The number of aromatic nitrogens is 1. The van der Waals surface area contributed by atoms with Crippen molar-refractivity contribution in [2.24, 2.45) is 5.92 Å². The van der Waals surface area contributed by atoms with Crippen molar-refractivity contribution in [3.05, 3.63) is 82.4 Å². The Hall–Kier alpha value is -4.37. The Balaban J connectivity index is 1.50. The van der Waals surface area contributed by atoms with Gasteiger partial charge in [0, 0.05) is 5.56 Å². The highest BCUT2D eigenvalue weighted by molar-refractivity contribution is 7.22. The van der Waals surface area contributed by atoms with Crippen molar-refractivity contribution in [3.8, 4) is 17.2 Å². The molecule has 3 aromatic carbocycles. The number of hydrogen-bond acceptors (Lipinski definition) is 8. The van der Waals surface area contributed by atoms with Crippen molar-refractivity contribution in [2.75, 3.05) is 24.7 Å². The van der Waals surface area contributed by atoms with Gasteiger partial charge < -0.3 is 19.3 Å². The molecule has 0 unspecified atom stereocenters. The number of carbonyl (C=O) groups is 2. The largest absolute Gasteiger partial charge is 0.507 e. The molecule has 0 spiro atoms. The van der Waals surface area contributed by atoms with Crippen LogP contribution in [0.5, 0.6) is 17.2 Å². The van der Waals surface area contributed by atoms with E-state index in [4.69, 9.17) is 19.2 Å². The molecule has 1 aromatic heterocycles. The fraction of sp³-hybridized carbons (Fsp3) is 0.303. The number of aliphatic hydroxyl groups excluding tert-OH is 1. The molecule has 4 aromatic rings. The Kier molecular flexibility index (Phi) is 7.36. The number of aliphatic hydroxyl groups is 1. The van der Waals surface area contributed by atoms with Crippen molar-refractivity contribution in [3.63, 3.8) is 0 Å². The molecule has 6 rings (SSSR count). The second-order valence-electron chi connectivity index (χ2n) is 11.1. The molecule has 1 amide bonds. The maximum Gasteiger partial charge on any atom is 0.301 e. The van der Waals surface area contributed by atoms with Gasteiger partial charge in [-0.1, -0.05) is 43.4 Å². The second kappa shape index (κ2) is 11.1. The summed E-state index contributed by atoms with van der Waals surface area (Å²) < 4.78 is 18.3. The molecular weight excluding hydrogens is 552 g/mol.